The minimum absolute atomic E-state index is 0.0459. The summed E-state index contributed by atoms with van der Waals surface area (Å²) in [6, 6.07) is 14.2. The number of nitrogens with one attached hydrogen (secondary N) is 2. The molecule has 2 heterocycles. The number of rotatable bonds is 5. The zero-order chi connectivity index (χ0) is 19.3. The summed E-state index contributed by atoms with van der Waals surface area (Å²) in [4.78, 5) is 15.0. The van der Waals surface area contributed by atoms with Crippen LogP contribution >= 0.6 is 11.6 Å². The molecule has 2 aromatic rings. The highest BCUT2D eigenvalue weighted by Crippen LogP contribution is 2.30. The number of halogens is 1. The van der Waals surface area contributed by atoms with Crippen LogP contribution in [0.15, 0.2) is 42.5 Å². The highest BCUT2D eigenvalue weighted by molar-refractivity contribution is 6.31. The van der Waals surface area contributed by atoms with E-state index in [0.29, 0.717) is 5.92 Å². The van der Waals surface area contributed by atoms with Crippen LogP contribution in [0, 0.1) is 5.92 Å². The van der Waals surface area contributed by atoms with Crippen LogP contribution in [-0.4, -0.2) is 32.1 Å². The fourth-order valence-corrected chi connectivity index (χ4v) is 4.43. The number of hydrogen-bond acceptors (Lipinski definition) is 3. The molecule has 0 spiro atoms. The third-order valence-corrected chi connectivity index (χ3v) is 6.25. The van der Waals surface area contributed by atoms with Gasteiger partial charge in [-0.3, -0.25) is 4.79 Å². The molecule has 1 fully saturated rings. The van der Waals surface area contributed by atoms with Gasteiger partial charge < -0.3 is 15.5 Å². The van der Waals surface area contributed by atoms with E-state index in [1.54, 1.807) is 0 Å². The molecule has 1 amide bonds. The quantitative estimate of drug-likeness (QED) is 0.800. The van der Waals surface area contributed by atoms with Gasteiger partial charge in [-0.1, -0.05) is 29.8 Å². The zero-order valence-electron chi connectivity index (χ0n) is 16.2. The Morgan fingerprint density at radius 3 is 2.82 bits per heavy atom. The van der Waals surface area contributed by atoms with Gasteiger partial charge in [-0.15, -0.1) is 0 Å². The Morgan fingerprint density at radius 1 is 1.18 bits per heavy atom. The topological polar surface area (TPSA) is 44.4 Å². The highest BCUT2D eigenvalue weighted by atomic mass is 35.5. The highest BCUT2D eigenvalue weighted by Gasteiger charge is 2.20. The van der Waals surface area contributed by atoms with Crippen LogP contribution in [0.4, 0.5) is 5.69 Å². The van der Waals surface area contributed by atoms with Crippen LogP contribution in [0.3, 0.4) is 0 Å². The van der Waals surface area contributed by atoms with Gasteiger partial charge >= 0.3 is 0 Å². The standard InChI is InChI=1S/C23H28ClN3O/c24-21-6-2-1-4-20(21)16-27-13-3-5-18-14-19(7-8-22(18)27)23(28)26-15-17-9-11-25-12-10-17/h1-2,4,6-8,14,17,25H,3,5,9-13,15-16H2,(H,26,28). The number of anilines is 1. The molecule has 5 heteroatoms. The molecule has 28 heavy (non-hydrogen) atoms. The van der Waals surface area contributed by atoms with Crippen molar-refractivity contribution in [2.45, 2.75) is 32.2 Å². The van der Waals surface area contributed by atoms with Gasteiger partial charge in [0.25, 0.3) is 5.91 Å². The summed E-state index contributed by atoms with van der Waals surface area (Å²) in [5.74, 6) is 0.637. The molecule has 0 radical (unpaired) electrons. The van der Waals surface area contributed by atoms with Gasteiger partial charge in [-0.2, -0.15) is 0 Å². The second-order valence-corrected chi connectivity index (χ2v) is 8.27. The van der Waals surface area contributed by atoms with Crippen LogP contribution in [0.2, 0.25) is 5.02 Å². The molecule has 0 bridgehead atoms. The Hall–Kier alpha value is -2.04. The van der Waals surface area contributed by atoms with Crippen molar-refractivity contribution in [1.29, 1.82) is 0 Å². The first kappa shape index (κ1) is 19.3. The average molecular weight is 398 g/mol. The Balaban J connectivity index is 1.43. The third-order valence-electron chi connectivity index (χ3n) is 5.89. The molecule has 148 valence electrons. The predicted molar refractivity (Wildman–Crippen MR) is 115 cm³/mol. The number of carbonyl (C=O) groups is 1. The summed E-state index contributed by atoms with van der Waals surface area (Å²) in [5.41, 5.74) is 4.39. The number of nitrogens with zero attached hydrogens (tertiary/aromatic N) is 1. The molecule has 0 atom stereocenters. The second-order valence-electron chi connectivity index (χ2n) is 7.86. The molecule has 2 N–H and O–H groups in total. The van der Waals surface area contributed by atoms with Gasteiger partial charge in [0.2, 0.25) is 0 Å². The van der Waals surface area contributed by atoms with E-state index >= 15 is 0 Å². The fourth-order valence-electron chi connectivity index (χ4n) is 4.24. The van der Waals surface area contributed by atoms with E-state index in [9.17, 15) is 4.79 Å². The summed E-state index contributed by atoms with van der Waals surface area (Å²) < 4.78 is 0. The van der Waals surface area contributed by atoms with E-state index in [1.165, 1.54) is 11.3 Å². The summed E-state index contributed by atoms with van der Waals surface area (Å²) in [6.07, 6.45) is 4.39. The molecule has 1 saturated heterocycles. The Kier molecular flexibility index (Phi) is 6.18. The molecule has 4 nitrogen and oxygen atoms in total. The Morgan fingerprint density at radius 2 is 2.00 bits per heavy atom. The second kappa shape index (κ2) is 8.97. The van der Waals surface area contributed by atoms with E-state index < -0.39 is 0 Å². The fraction of sp³-hybridized carbons (Fsp3) is 0.435. The lowest BCUT2D eigenvalue weighted by molar-refractivity contribution is 0.0944. The van der Waals surface area contributed by atoms with Crippen molar-refractivity contribution in [3.8, 4) is 0 Å². The maximum absolute atomic E-state index is 12.6. The van der Waals surface area contributed by atoms with Crippen LogP contribution in [0.1, 0.15) is 40.7 Å². The van der Waals surface area contributed by atoms with E-state index in [4.69, 9.17) is 11.6 Å². The minimum Gasteiger partial charge on any atom is -0.367 e. The Bertz CT molecular complexity index is 832. The number of hydrogen-bond donors (Lipinski definition) is 2. The first-order valence-electron chi connectivity index (χ1n) is 10.3. The molecule has 2 aliphatic heterocycles. The normalized spacial score (nSPS) is 17.2. The van der Waals surface area contributed by atoms with E-state index in [-0.39, 0.29) is 5.91 Å². The summed E-state index contributed by atoms with van der Waals surface area (Å²) in [5, 5.41) is 7.31. The van der Waals surface area contributed by atoms with Crippen molar-refractivity contribution in [3.63, 3.8) is 0 Å². The summed E-state index contributed by atoms with van der Waals surface area (Å²) in [6.45, 7) is 4.70. The van der Waals surface area contributed by atoms with Gasteiger partial charge in [0, 0.05) is 35.9 Å². The molecule has 2 aromatic carbocycles. The van der Waals surface area contributed by atoms with Crippen LogP contribution in [0.25, 0.3) is 0 Å². The van der Waals surface area contributed by atoms with E-state index in [2.05, 4.69) is 33.7 Å². The number of carbonyl (C=O) groups excluding carboxylic acids is 1. The lowest BCUT2D eigenvalue weighted by Gasteiger charge is -2.32. The number of amides is 1. The van der Waals surface area contributed by atoms with Crippen molar-refractivity contribution in [2.24, 2.45) is 5.92 Å². The first-order valence-corrected chi connectivity index (χ1v) is 10.7. The number of benzene rings is 2. The maximum atomic E-state index is 12.6. The SMILES string of the molecule is O=C(NCC1CCNCC1)c1ccc2c(c1)CCCN2Cc1ccccc1Cl. The van der Waals surface area contributed by atoms with Crippen LogP contribution < -0.4 is 15.5 Å². The molecule has 0 aliphatic carbocycles. The van der Waals surface area contributed by atoms with Gasteiger partial charge in [-0.05, 0) is 80.1 Å². The molecule has 4 rings (SSSR count). The van der Waals surface area contributed by atoms with E-state index in [0.717, 1.165) is 74.6 Å². The molecule has 0 saturated carbocycles. The van der Waals surface area contributed by atoms with Gasteiger partial charge in [0.15, 0.2) is 0 Å². The number of fused-ring (bicyclic) bond motifs is 1. The molecular weight excluding hydrogens is 370 g/mol. The van der Waals surface area contributed by atoms with Crippen molar-refractivity contribution in [1.82, 2.24) is 10.6 Å². The smallest absolute Gasteiger partial charge is 0.251 e. The van der Waals surface area contributed by atoms with Gasteiger partial charge in [0.1, 0.15) is 0 Å². The number of aryl methyl sites for hydroxylation is 1. The molecule has 2 aliphatic rings. The first-order chi connectivity index (χ1) is 13.7. The van der Waals surface area contributed by atoms with Crippen LogP contribution in [-0.2, 0) is 13.0 Å². The largest absolute Gasteiger partial charge is 0.367 e. The Labute approximate surface area is 172 Å². The number of piperidine rings is 1. The third kappa shape index (κ3) is 4.50. The molecule has 0 aromatic heterocycles. The monoisotopic (exact) mass is 397 g/mol. The van der Waals surface area contributed by atoms with Crippen molar-refractivity contribution in [3.05, 3.63) is 64.2 Å². The maximum Gasteiger partial charge on any atom is 0.251 e. The van der Waals surface area contributed by atoms with Gasteiger partial charge in [-0.25, -0.2) is 0 Å². The zero-order valence-corrected chi connectivity index (χ0v) is 17.0. The van der Waals surface area contributed by atoms with Crippen molar-refractivity contribution < 1.29 is 4.79 Å². The van der Waals surface area contributed by atoms with Crippen molar-refractivity contribution in [2.75, 3.05) is 31.1 Å². The lowest BCUT2D eigenvalue weighted by atomic mass is 9.97. The average Bonchev–Trinajstić information content (AvgIpc) is 2.74. The summed E-state index contributed by atoms with van der Waals surface area (Å²) in [7, 11) is 0. The summed E-state index contributed by atoms with van der Waals surface area (Å²) >= 11 is 6.35. The minimum atomic E-state index is 0.0459. The van der Waals surface area contributed by atoms with Gasteiger partial charge in [0.05, 0.1) is 0 Å². The predicted octanol–water partition coefficient (Wildman–Crippen LogP) is 4.02. The van der Waals surface area contributed by atoms with Crippen molar-refractivity contribution >= 4 is 23.2 Å². The van der Waals surface area contributed by atoms with Crippen LogP contribution in [0.5, 0.6) is 0 Å². The molecular formula is C23H28ClN3O. The molecule has 0 unspecified atom stereocenters. The lowest BCUT2D eigenvalue weighted by Crippen LogP contribution is -2.36. The van der Waals surface area contributed by atoms with E-state index in [1.807, 2.05) is 24.3 Å².